The summed E-state index contributed by atoms with van der Waals surface area (Å²) in [6.07, 6.45) is 4.98. The van der Waals surface area contributed by atoms with Crippen LogP contribution in [0.2, 0.25) is 0 Å². The van der Waals surface area contributed by atoms with Crippen molar-refractivity contribution in [3.8, 4) is 5.75 Å². The molecule has 0 saturated carbocycles. The van der Waals surface area contributed by atoms with Crippen molar-refractivity contribution >= 4 is 40.6 Å². The highest BCUT2D eigenvalue weighted by atomic mass is 32.2. The number of thioether (sulfide) groups is 1. The van der Waals surface area contributed by atoms with Crippen LogP contribution in [0.25, 0.3) is 6.08 Å². The highest BCUT2D eigenvalue weighted by Crippen LogP contribution is 2.29. The van der Waals surface area contributed by atoms with Crippen LogP contribution in [0, 0.1) is 0 Å². The summed E-state index contributed by atoms with van der Waals surface area (Å²) in [6.45, 7) is 0. The van der Waals surface area contributed by atoms with Crippen LogP contribution in [0.15, 0.2) is 52.6 Å². The van der Waals surface area contributed by atoms with Crippen LogP contribution < -0.4 is 5.32 Å². The molecule has 1 amide bonds. The molecule has 1 aliphatic rings. The first-order valence-corrected chi connectivity index (χ1v) is 7.60. The van der Waals surface area contributed by atoms with Crippen LogP contribution in [0.5, 0.6) is 5.75 Å². The number of phenols is 1. The van der Waals surface area contributed by atoms with E-state index in [0.717, 1.165) is 17.3 Å². The molecular weight excluding hydrogens is 330 g/mol. The molecule has 3 rings (SSSR count). The van der Waals surface area contributed by atoms with Crippen LogP contribution in [-0.2, 0) is 4.79 Å². The average Bonchev–Trinajstić information content (AvgIpc) is 2.87. The molecule has 120 valence electrons. The molecule has 1 aliphatic heterocycles. The van der Waals surface area contributed by atoms with Gasteiger partial charge >= 0.3 is 5.97 Å². The van der Waals surface area contributed by atoms with Gasteiger partial charge in [-0.1, -0.05) is 6.07 Å². The Morgan fingerprint density at radius 1 is 1.33 bits per heavy atom. The lowest BCUT2D eigenvalue weighted by atomic mass is 10.2. The van der Waals surface area contributed by atoms with E-state index in [4.69, 9.17) is 5.11 Å². The first-order valence-electron chi connectivity index (χ1n) is 6.79. The summed E-state index contributed by atoms with van der Waals surface area (Å²) in [4.78, 5) is 31.5. The van der Waals surface area contributed by atoms with Crippen molar-refractivity contribution in [2.45, 2.75) is 0 Å². The zero-order valence-corrected chi connectivity index (χ0v) is 12.9. The van der Waals surface area contributed by atoms with Crippen molar-refractivity contribution in [2.24, 2.45) is 4.99 Å². The molecule has 2 heterocycles. The van der Waals surface area contributed by atoms with Gasteiger partial charge in [-0.2, -0.15) is 0 Å². The topological polar surface area (TPSA) is 112 Å². The molecule has 7 nitrogen and oxygen atoms in total. The highest BCUT2D eigenvalue weighted by Gasteiger charge is 2.24. The van der Waals surface area contributed by atoms with Gasteiger partial charge in [0.15, 0.2) is 5.17 Å². The van der Waals surface area contributed by atoms with Gasteiger partial charge in [-0.3, -0.25) is 9.78 Å². The van der Waals surface area contributed by atoms with Crippen LogP contribution in [-0.4, -0.2) is 32.2 Å². The Morgan fingerprint density at radius 3 is 2.83 bits per heavy atom. The minimum absolute atomic E-state index is 0.209. The van der Waals surface area contributed by atoms with Crippen molar-refractivity contribution in [3.05, 3.63) is 58.8 Å². The molecule has 1 saturated heterocycles. The van der Waals surface area contributed by atoms with E-state index in [-0.39, 0.29) is 17.2 Å². The lowest BCUT2D eigenvalue weighted by molar-refractivity contribution is -0.115. The Balaban J connectivity index is 1.83. The van der Waals surface area contributed by atoms with E-state index in [1.807, 2.05) is 6.07 Å². The fourth-order valence-electron chi connectivity index (χ4n) is 1.98. The molecule has 0 spiro atoms. The predicted octanol–water partition coefficient (Wildman–Crippen LogP) is 2.38. The van der Waals surface area contributed by atoms with Crippen molar-refractivity contribution in [3.63, 3.8) is 0 Å². The summed E-state index contributed by atoms with van der Waals surface area (Å²) in [5.74, 6) is -1.89. The van der Waals surface area contributed by atoms with Gasteiger partial charge in [0.25, 0.3) is 5.91 Å². The second-order valence-electron chi connectivity index (χ2n) is 4.77. The zero-order valence-electron chi connectivity index (χ0n) is 12.1. The first kappa shape index (κ1) is 15.8. The SMILES string of the molecule is O=C1NC(=Nc2ccc(C(=O)O)c(O)c2)S/C1=C\c1cccnc1. The number of benzene rings is 1. The molecule has 0 radical (unpaired) electrons. The van der Waals surface area contributed by atoms with Crippen LogP contribution in [0.4, 0.5) is 5.69 Å². The number of aromatic carboxylic acids is 1. The van der Waals surface area contributed by atoms with Gasteiger partial charge in [-0.15, -0.1) is 0 Å². The number of hydrogen-bond donors (Lipinski definition) is 3. The molecule has 8 heteroatoms. The molecule has 0 bridgehead atoms. The van der Waals surface area contributed by atoms with E-state index < -0.39 is 5.97 Å². The summed E-state index contributed by atoms with van der Waals surface area (Å²) >= 11 is 1.15. The van der Waals surface area contributed by atoms with E-state index in [9.17, 15) is 14.7 Å². The lowest BCUT2D eigenvalue weighted by Crippen LogP contribution is -2.19. The van der Waals surface area contributed by atoms with E-state index in [1.54, 1.807) is 24.5 Å². The normalized spacial score (nSPS) is 17.2. The Bertz CT molecular complexity index is 878. The third-order valence-corrected chi connectivity index (χ3v) is 3.99. The number of nitrogens with zero attached hydrogens (tertiary/aromatic N) is 2. The molecule has 0 unspecified atom stereocenters. The molecule has 0 atom stereocenters. The fourth-order valence-corrected chi connectivity index (χ4v) is 2.82. The number of carboxylic acids is 1. The van der Waals surface area contributed by atoms with Crippen molar-refractivity contribution in [1.82, 2.24) is 10.3 Å². The average molecular weight is 341 g/mol. The van der Waals surface area contributed by atoms with Gasteiger partial charge in [0.2, 0.25) is 0 Å². The molecular formula is C16H11N3O4S. The van der Waals surface area contributed by atoms with Crippen molar-refractivity contribution in [2.75, 3.05) is 0 Å². The minimum atomic E-state index is -1.23. The van der Waals surface area contributed by atoms with Crippen molar-refractivity contribution in [1.29, 1.82) is 0 Å². The van der Waals surface area contributed by atoms with E-state index >= 15 is 0 Å². The second-order valence-corrected chi connectivity index (χ2v) is 5.81. The maximum atomic E-state index is 12.0. The maximum absolute atomic E-state index is 12.0. The standard InChI is InChI=1S/C16H11N3O4S/c20-12-7-10(3-4-11(12)15(22)23)18-16-19-14(21)13(24-16)6-9-2-1-5-17-8-9/h1-8,20H,(H,22,23)(H,18,19,21)/b13-6-. The summed E-state index contributed by atoms with van der Waals surface area (Å²) in [5.41, 5.74) is 0.919. The number of aliphatic imine (C=N–C) groups is 1. The largest absolute Gasteiger partial charge is 0.507 e. The molecule has 1 aromatic heterocycles. The molecule has 0 aliphatic carbocycles. The predicted molar refractivity (Wildman–Crippen MR) is 90.1 cm³/mol. The van der Waals surface area contributed by atoms with Crippen LogP contribution in [0.3, 0.4) is 0 Å². The number of rotatable bonds is 3. The summed E-state index contributed by atoms with van der Waals surface area (Å²) in [5, 5.41) is 21.5. The Kier molecular flexibility index (Phi) is 4.30. The third-order valence-electron chi connectivity index (χ3n) is 3.08. The number of carbonyl (C=O) groups excluding carboxylic acids is 1. The fraction of sp³-hybridized carbons (Fsp3) is 0. The smallest absolute Gasteiger partial charge is 0.339 e. The summed E-state index contributed by atoms with van der Waals surface area (Å²) < 4.78 is 0. The van der Waals surface area contributed by atoms with Crippen LogP contribution in [0.1, 0.15) is 15.9 Å². The van der Waals surface area contributed by atoms with Crippen LogP contribution >= 0.6 is 11.8 Å². The minimum Gasteiger partial charge on any atom is -0.507 e. The molecule has 3 N–H and O–H groups in total. The number of aromatic hydroxyl groups is 1. The third kappa shape index (κ3) is 3.44. The number of amidine groups is 1. The number of nitrogens with one attached hydrogen (secondary N) is 1. The van der Waals surface area contributed by atoms with E-state index in [1.165, 1.54) is 18.2 Å². The Labute approximate surface area is 140 Å². The molecule has 2 aromatic rings. The Hall–Kier alpha value is -3.13. The molecule has 1 fully saturated rings. The monoisotopic (exact) mass is 341 g/mol. The first-order chi connectivity index (χ1) is 11.5. The van der Waals surface area contributed by atoms with E-state index in [0.29, 0.717) is 15.8 Å². The quantitative estimate of drug-likeness (QED) is 0.739. The highest BCUT2D eigenvalue weighted by molar-refractivity contribution is 8.18. The number of carboxylic acid groups (broad SMARTS) is 1. The number of pyridine rings is 1. The van der Waals surface area contributed by atoms with E-state index in [2.05, 4.69) is 15.3 Å². The van der Waals surface area contributed by atoms with Gasteiger partial charge in [-0.05, 0) is 41.6 Å². The zero-order chi connectivity index (χ0) is 17.1. The summed E-state index contributed by atoms with van der Waals surface area (Å²) in [7, 11) is 0. The Morgan fingerprint density at radius 2 is 2.17 bits per heavy atom. The lowest BCUT2D eigenvalue weighted by Gasteiger charge is -2.01. The van der Waals surface area contributed by atoms with Crippen molar-refractivity contribution < 1.29 is 19.8 Å². The summed E-state index contributed by atoms with van der Waals surface area (Å²) in [6, 6.07) is 7.53. The number of hydrogen-bond acceptors (Lipinski definition) is 6. The molecule has 1 aromatic carbocycles. The number of aromatic nitrogens is 1. The second kappa shape index (κ2) is 6.55. The van der Waals surface area contributed by atoms with Gasteiger partial charge < -0.3 is 15.5 Å². The molecule has 24 heavy (non-hydrogen) atoms. The number of carbonyl (C=O) groups is 2. The van der Waals surface area contributed by atoms with Gasteiger partial charge in [0.05, 0.1) is 10.6 Å². The maximum Gasteiger partial charge on any atom is 0.339 e. The van der Waals surface area contributed by atoms with Gasteiger partial charge in [-0.25, -0.2) is 9.79 Å². The van der Waals surface area contributed by atoms with Gasteiger partial charge in [0.1, 0.15) is 11.3 Å². The van der Waals surface area contributed by atoms with Gasteiger partial charge in [0, 0.05) is 18.5 Å². The number of amides is 1.